The molecule has 0 fully saturated rings. The van der Waals surface area contributed by atoms with E-state index < -0.39 is 0 Å². The molecular weight excluding hydrogens is 218 g/mol. The molecule has 0 saturated carbocycles. The zero-order chi connectivity index (χ0) is 13.0. The molecule has 1 atom stereocenters. The Balaban J connectivity index is 2.10. The average Bonchev–Trinajstić information content (AvgIpc) is 2.81. The van der Waals surface area contributed by atoms with Crippen molar-refractivity contribution in [1.82, 2.24) is 4.90 Å². The lowest BCUT2D eigenvalue weighted by Crippen LogP contribution is -2.37. The molecule has 0 N–H and O–H groups in total. The van der Waals surface area contributed by atoms with Crippen molar-refractivity contribution in [3.05, 3.63) is 34.9 Å². The van der Waals surface area contributed by atoms with Crippen molar-refractivity contribution in [3.63, 3.8) is 0 Å². The molecule has 1 aliphatic rings. The van der Waals surface area contributed by atoms with Gasteiger partial charge in [0.2, 0.25) is 0 Å². The van der Waals surface area contributed by atoms with Crippen LogP contribution in [0.25, 0.3) is 0 Å². The topological polar surface area (TPSA) is 3.24 Å². The summed E-state index contributed by atoms with van der Waals surface area (Å²) in [5.74, 6) is 2.74. The molecule has 1 aromatic carbocycles. The number of nitrogens with zero attached hydrogens (tertiary/aromatic N) is 1. The van der Waals surface area contributed by atoms with Crippen LogP contribution < -0.4 is 0 Å². The third-order valence-electron chi connectivity index (χ3n) is 3.82. The number of hydrogen-bond donors (Lipinski definition) is 0. The predicted molar refractivity (Wildman–Crippen MR) is 77.7 cm³/mol. The molecule has 0 aromatic heterocycles. The number of hydrogen-bond acceptors (Lipinski definition) is 1. The quantitative estimate of drug-likeness (QED) is 0.715. The summed E-state index contributed by atoms with van der Waals surface area (Å²) in [7, 11) is 0. The molecule has 0 saturated heterocycles. The van der Waals surface area contributed by atoms with Crippen LogP contribution in [0, 0.1) is 12.3 Å². The van der Waals surface area contributed by atoms with Gasteiger partial charge in [-0.15, -0.1) is 6.42 Å². The first kappa shape index (κ1) is 13.2. The fraction of sp³-hybridized carbons (Fsp3) is 0.529. The van der Waals surface area contributed by atoms with E-state index in [-0.39, 0.29) is 0 Å². The lowest BCUT2D eigenvalue weighted by molar-refractivity contribution is 0.202. The normalized spacial score (nSPS) is 17.8. The van der Waals surface area contributed by atoms with Gasteiger partial charge in [0.25, 0.3) is 0 Å². The third kappa shape index (κ3) is 2.76. The standard InChI is InChI=1S/C17H23N/c1-4-9-18(10-5-2)17-12-15-8-7-14(6-3)11-16(15)13-17/h3,7-8,11,17H,4-5,9-10,12-13H2,1-2H3. The lowest BCUT2D eigenvalue weighted by Gasteiger charge is -2.27. The summed E-state index contributed by atoms with van der Waals surface area (Å²) < 4.78 is 0. The van der Waals surface area contributed by atoms with E-state index in [9.17, 15) is 0 Å². The maximum Gasteiger partial charge on any atom is 0.0245 e. The summed E-state index contributed by atoms with van der Waals surface area (Å²) in [6.45, 7) is 6.96. The van der Waals surface area contributed by atoms with Gasteiger partial charge in [0.15, 0.2) is 0 Å². The fourth-order valence-corrected chi connectivity index (χ4v) is 2.99. The van der Waals surface area contributed by atoms with E-state index >= 15 is 0 Å². The van der Waals surface area contributed by atoms with Gasteiger partial charge in [0.05, 0.1) is 0 Å². The molecule has 1 aliphatic carbocycles. The highest BCUT2D eigenvalue weighted by atomic mass is 15.1. The summed E-state index contributed by atoms with van der Waals surface area (Å²) in [4.78, 5) is 2.65. The Kier molecular flexibility index (Phi) is 4.44. The van der Waals surface area contributed by atoms with Crippen molar-refractivity contribution in [3.8, 4) is 12.3 Å². The minimum Gasteiger partial charge on any atom is -0.300 e. The Labute approximate surface area is 111 Å². The molecule has 2 rings (SSSR count). The SMILES string of the molecule is C#Cc1ccc2c(c1)CC(N(CCC)CCC)C2. The van der Waals surface area contributed by atoms with Gasteiger partial charge in [-0.25, -0.2) is 0 Å². The molecule has 0 heterocycles. The van der Waals surface area contributed by atoms with Gasteiger partial charge >= 0.3 is 0 Å². The summed E-state index contributed by atoms with van der Waals surface area (Å²) in [6.07, 6.45) is 10.3. The average molecular weight is 241 g/mol. The summed E-state index contributed by atoms with van der Waals surface area (Å²) in [5, 5.41) is 0. The molecule has 0 spiro atoms. The molecule has 1 aromatic rings. The molecular formula is C17H23N. The van der Waals surface area contributed by atoms with Gasteiger partial charge in [-0.05, 0) is 62.0 Å². The first-order valence-corrected chi connectivity index (χ1v) is 7.11. The van der Waals surface area contributed by atoms with Gasteiger partial charge in [0, 0.05) is 11.6 Å². The molecule has 96 valence electrons. The van der Waals surface area contributed by atoms with Crippen molar-refractivity contribution in [2.75, 3.05) is 13.1 Å². The van der Waals surface area contributed by atoms with E-state index in [2.05, 4.69) is 42.9 Å². The highest BCUT2D eigenvalue weighted by Crippen LogP contribution is 2.26. The third-order valence-corrected chi connectivity index (χ3v) is 3.82. The molecule has 0 aliphatic heterocycles. The molecule has 1 unspecified atom stereocenters. The largest absolute Gasteiger partial charge is 0.300 e. The first-order valence-electron chi connectivity index (χ1n) is 7.11. The smallest absolute Gasteiger partial charge is 0.0245 e. The van der Waals surface area contributed by atoms with Crippen LogP contribution in [-0.4, -0.2) is 24.0 Å². The van der Waals surface area contributed by atoms with Gasteiger partial charge in [-0.2, -0.15) is 0 Å². The van der Waals surface area contributed by atoms with E-state index in [0.29, 0.717) is 6.04 Å². The molecule has 0 radical (unpaired) electrons. The van der Waals surface area contributed by atoms with E-state index in [0.717, 1.165) is 5.56 Å². The van der Waals surface area contributed by atoms with Gasteiger partial charge in [-0.1, -0.05) is 25.8 Å². The molecule has 0 amide bonds. The Bertz CT molecular complexity index is 435. The number of rotatable bonds is 5. The Morgan fingerprint density at radius 3 is 2.44 bits per heavy atom. The minimum atomic E-state index is 0.688. The van der Waals surface area contributed by atoms with Gasteiger partial charge in [-0.3, -0.25) is 4.90 Å². The minimum absolute atomic E-state index is 0.688. The Morgan fingerprint density at radius 2 is 1.83 bits per heavy atom. The number of terminal acetylenes is 1. The van der Waals surface area contributed by atoms with Crippen LogP contribution in [0.2, 0.25) is 0 Å². The van der Waals surface area contributed by atoms with Crippen molar-refractivity contribution < 1.29 is 0 Å². The molecule has 18 heavy (non-hydrogen) atoms. The second-order valence-electron chi connectivity index (χ2n) is 5.23. The van der Waals surface area contributed by atoms with E-state index in [4.69, 9.17) is 6.42 Å². The van der Waals surface area contributed by atoms with Crippen LogP contribution in [0.4, 0.5) is 0 Å². The highest BCUT2D eigenvalue weighted by Gasteiger charge is 2.25. The van der Waals surface area contributed by atoms with Crippen LogP contribution in [0.5, 0.6) is 0 Å². The van der Waals surface area contributed by atoms with Crippen LogP contribution >= 0.6 is 0 Å². The Morgan fingerprint density at radius 1 is 1.17 bits per heavy atom. The fourth-order valence-electron chi connectivity index (χ4n) is 2.99. The van der Waals surface area contributed by atoms with Crippen molar-refractivity contribution in [1.29, 1.82) is 0 Å². The van der Waals surface area contributed by atoms with Crippen LogP contribution in [0.3, 0.4) is 0 Å². The van der Waals surface area contributed by atoms with Crippen molar-refractivity contribution in [2.45, 2.75) is 45.6 Å². The zero-order valence-corrected chi connectivity index (χ0v) is 11.6. The second kappa shape index (κ2) is 6.07. The van der Waals surface area contributed by atoms with E-state index in [1.54, 1.807) is 0 Å². The van der Waals surface area contributed by atoms with Crippen LogP contribution in [0.15, 0.2) is 18.2 Å². The molecule has 1 heteroatoms. The maximum atomic E-state index is 5.47. The van der Waals surface area contributed by atoms with Crippen LogP contribution in [0.1, 0.15) is 43.4 Å². The Hall–Kier alpha value is -1.26. The van der Waals surface area contributed by atoms with Gasteiger partial charge < -0.3 is 0 Å². The van der Waals surface area contributed by atoms with Crippen molar-refractivity contribution >= 4 is 0 Å². The van der Waals surface area contributed by atoms with E-state index in [1.807, 2.05) is 0 Å². The van der Waals surface area contributed by atoms with Gasteiger partial charge in [0.1, 0.15) is 0 Å². The molecule has 1 nitrogen and oxygen atoms in total. The second-order valence-corrected chi connectivity index (χ2v) is 5.23. The zero-order valence-electron chi connectivity index (χ0n) is 11.6. The predicted octanol–water partition coefficient (Wildman–Crippen LogP) is 3.26. The summed E-state index contributed by atoms with van der Waals surface area (Å²) in [6, 6.07) is 7.19. The van der Waals surface area contributed by atoms with Crippen LogP contribution in [-0.2, 0) is 12.8 Å². The number of benzene rings is 1. The maximum absolute atomic E-state index is 5.47. The monoisotopic (exact) mass is 241 g/mol. The van der Waals surface area contributed by atoms with Crippen molar-refractivity contribution in [2.24, 2.45) is 0 Å². The lowest BCUT2D eigenvalue weighted by atomic mass is 10.1. The molecule has 0 bridgehead atoms. The summed E-state index contributed by atoms with van der Waals surface area (Å²) in [5.41, 5.74) is 3.98. The van der Waals surface area contributed by atoms with E-state index in [1.165, 1.54) is 49.9 Å². The first-order chi connectivity index (χ1) is 8.78. The number of fused-ring (bicyclic) bond motifs is 1. The highest BCUT2D eigenvalue weighted by molar-refractivity contribution is 5.42. The summed E-state index contributed by atoms with van der Waals surface area (Å²) >= 11 is 0.